The molecule has 4 aromatic rings. The molecule has 36 heavy (non-hydrogen) atoms. The van der Waals surface area contributed by atoms with Gasteiger partial charge in [-0.25, -0.2) is 9.67 Å². The number of rotatable bonds is 9. The third-order valence-corrected chi connectivity index (χ3v) is 5.20. The van der Waals surface area contributed by atoms with Crippen molar-refractivity contribution in [3.8, 4) is 28.7 Å². The molecule has 0 N–H and O–H groups in total. The number of anilines is 1. The number of hydrogen-bond donors (Lipinski definition) is 0. The van der Waals surface area contributed by atoms with Crippen LogP contribution in [0.1, 0.15) is 25.8 Å². The lowest BCUT2D eigenvalue weighted by atomic mass is 10.2. The van der Waals surface area contributed by atoms with Crippen LogP contribution in [-0.2, 0) is 6.54 Å². The first-order valence-corrected chi connectivity index (χ1v) is 11.2. The third kappa shape index (κ3) is 6.06. The zero-order chi connectivity index (χ0) is 25.7. The second kappa shape index (κ2) is 10.6. The quantitative estimate of drug-likeness (QED) is 0.330. The number of nitrogens with zero attached hydrogens (tertiary/aromatic N) is 6. The topological polar surface area (TPSA) is 99.2 Å². The number of pyridine rings is 1. The van der Waals surface area contributed by atoms with Crippen molar-refractivity contribution in [2.24, 2.45) is 0 Å². The fourth-order valence-electron chi connectivity index (χ4n) is 3.54. The van der Waals surface area contributed by atoms with Crippen LogP contribution >= 0.6 is 0 Å². The van der Waals surface area contributed by atoms with E-state index in [0.29, 0.717) is 5.56 Å². The third-order valence-electron chi connectivity index (χ3n) is 5.20. The highest BCUT2D eigenvalue weighted by atomic mass is 19.4. The molecule has 0 radical (unpaired) electrons. The minimum Gasteiger partial charge on any atom is -0.406 e. The summed E-state index contributed by atoms with van der Waals surface area (Å²) in [7, 11) is 0. The summed E-state index contributed by atoms with van der Waals surface area (Å²) >= 11 is 0. The van der Waals surface area contributed by atoms with Crippen molar-refractivity contribution in [3.63, 3.8) is 0 Å². The zero-order valence-corrected chi connectivity index (χ0v) is 19.6. The number of ether oxygens (including phenoxy) is 1. The SMILES string of the molecule is CCCN(CC)c1cc(Cn2nc(-c3nc(-c4ccc(OC(F)(F)F)cc4)no3)ccc2=O)ccn1. The highest BCUT2D eigenvalue weighted by Gasteiger charge is 2.31. The summed E-state index contributed by atoms with van der Waals surface area (Å²) in [5.41, 5.74) is 1.25. The molecule has 0 aliphatic heterocycles. The van der Waals surface area contributed by atoms with Crippen LogP contribution in [0.15, 0.2) is 64.0 Å². The lowest BCUT2D eigenvalue weighted by molar-refractivity contribution is -0.274. The van der Waals surface area contributed by atoms with E-state index in [1.54, 1.807) is 6.20 Å². The van der Waals surface area contributed by atoms with E-state index in [0.717, 1.165) is 43.0 Å². The Morgan fingerprint density at radius 1 is 1.08 bits per heavy atom. The Bertz CT molecular complexity index is 1370. The Kier molecular flexibility index (Phi) is 7.32. The fourth-order valence-corrected chi connectivity index (χ4v) is 3.54. The summed E-state index contributed by atoms with van der Waals surface area (Å²) in [5.74, 6) is 0.677. The molecule has 4 rings (SSSR count). The summed E-state index contributed by atoms with van der Waals surface area (Å²) < 4.78 is 47.5. The van der Waals surface area contributed by atoms with Crippen LogP contribution in [0.2, 0.25) is 0 Å². The molecule has 0 fully saturated rings. The van der Waals surface area contributed by atoms with Crippen molar-refractivity contribution in [2.45, 2.75) is 33.2 Å². The van der Waals surface area contributed by atoms with Gasteiger partial charge in [-0.15, -0.1) is 13.2 Å². The molecular weight excluding hydrogens is 477 g/mol. The number of aromatic nitrogens is 5. The first-order chi connectivity index (χ1) is 17.3. The molecule has 12 heteroatoms. The van der Waals surface area contributed by atoms with E-state index in [4.69, 9.17) is 4.52 Å². The molecule has 9 nitrogen and oxygen atoms in total. The van der Waals surface area contributed by atoms with E-state index < -0.39 is 6.36 Å². The molecule has 0 spiro atoms. The molecule has 0 saturated carbocycles. The van der Waals surface area contributed by atoms with Gasteiger partial charge in [-0.05, 0) is 61.4 Å². The normalized spacial score (nSPS) is 11.5. The molecule has 0 unspecified atom stereocenters. The standard InChI is InChI=1S/C24H23F3N6O3/c1-3-13-32(4-2)20-14-16(11-12-28-20)15-33-21(34)10-9-19(30-33)23-29-22(31-36-23)17-5-7-18(8-6-17)35-24(25,26)27/h5-12,14H,3-4,13,15H2,1-2H3. The lowest BCUT2D eigenvalue weighted by Gasteiger charge is -2.21. The van der Waals surface area contributed by atoms with Gasteiger partial charge in [0.15, 0.2) is 0 Å². The minimum absolute atomic E-state index is 0.0601. The van der Waals surface area contributed by atoms with E-state index in [9.17, 15) is 18.0 Å². The smallest absolute Gasteiger partial charge is 0.406 e. The van der Waals surface area contributed by atoms with Crippen molar-refractivity contribution in [1.82, 2.24) is 24.9 Å². The second-order valence-electron chi connectivity index (χ2n) is 7.81. The summed E-state index contributed by atoms with van der Waals surface area (Å²) in [5, 5.41) is 8.23. The number of benzene rings is 1. The van der Waals surface area contributed by atoms with Gasteiger partial charge in [-0.3, -0.25) is 4.79 Å². The average Bonchev–Trinajstić information content (AvgIpc) is 3.34. The first-order valence-electron chi connectivity index (χ1n) is 11.2. The summed E-state index contributed by atoms with van der Waals surface area (Å²) in [6, 6.07) is 11.6. The zero-order valence-electron chi connectivity index (χ0n) is 19.6. The van der Waals surface area contributed by atoms with Gasteiger partial charge in [-0.2, -0.15) is 10.1 Å². The van der Waals surface area contributed by atoms with Crippen LogP contribution in [0.4, 0.5) is 19.0 Å². The van der Waals surface area contributed by atoms with Gasteiger partial charge >= 0.3 is 6.36 Å². The maximum atomic E-state index is 12.5. The Morgan fingerprint density at radius 2 is 1.86 bits per heavy atom. The number of halogens is 3. The molecule has 188 valence electrons. The van der Waals surface area contributed by atoms with Crippen molar-refractivity contribution in [2.75, 3.05) is 18.0 Å². The molecule has 0 saturated heterocycles. The Balaban J connectivity index is 1.54. The summed E-state index contributed by atoms with van der Waals surface area (Å²) in [6.45, 7) is 6.06. The second-order valence-corrected chi connectivity index (χ2v) is 7.81. The first kappa shape index (κ1) is 24.9. The van der Waals surface area contributed by atoms with E-state index in [-0.39, 0.29) is 35.3 Å². The van der Waals surface area contributed by atoms with Gasteiger partial charge in [0, 0.05) is 30.9 Å². The van der Waals surface area contributed by atoms with Crippen LogP contribution in [0, 0.1) is 0 Å². The maximum Gasteiger partial charge on any atom is 0.573 e. The predicted molar refractivity (Wildman–Crippen MR) is 125 cm³/mol. The van der Waals surface area contributed by atoms with Crippen LogP contribution in [0.25, 0.3) is 23.0 Å². The van der Waals surface area contributed by atoms with Crippen LogP contribution in [-0.4, -0.2) is 44.4 Å². The highest BCUT2D eigenvalue weighted by Crippen LogP contribution is 2.26. The van der Waals surface area contributed by atoms with Crippen molar-refractivity contribution >= 4 is 5.82 Å². The Morgan fingerprint density at radius 3 is 2.56 bits per heavy atom. The molecule has 0 aliphatic rings. The molecule has 3 aromatic heterocycles. The molecule has 1 aromatic carbocycles. The average molecular weight is 500 g/mol. The van der Waals surface area contributed by atoms with Gasteiger partial charge < -0.3 is 14.2 Å². The Hall–Kier alpha value is -4.22. The molecule has 0 bridgehead atoms. The largest absolute Gasteiger partial charge is 0.573 e. The fraction of sp³-hybridized carbons (Fsp3) is 0.292. The lowest BCUT2D eigenvalue weighted by Crippen LogP contribution is -2.25. The molecule has 0 atom stereocenters. The van der Waals surface area contributed by atoms with E-state index in [2.05, 4.69) is 43.7 Å². The van der Waals surface area contributed by atoms with Gasteiger partial charge in [0.05, 0.1) is 6.54 Å². The van der Waals surface area contributed by atoms with Crippen LogP contribution < -0.4 is 15.2 Å². The van der Waals surface area contributed by atoms with Crippen molar-refractivity contribution < 1.29 is 22.4 Å². The summed E-state index contributed by atoms with van der Waals surface area (Å²) in [6.07, 6.45) is -2.09. The maximum absolute atomic E-state index is 12.5. The van der Waals surface area contributed by atoms with Crippen molar-refractivity contribution in [3.05, 3.63) is 70.6 Å². The molecule has 0 amide bonds. The van der Waals surface area contributed by atoms with E-state index >= 15 is 0 Å². The predicted octanol–water partition coefficient (Wildman–Crippen LogP) is 4.54. The summed E-state index contributed by atoms with van der Waals surface area (Å²) in [4.78, 5) is 23.3. The van der Waals surface area contributed by atoms with Crippen LogP contribution in [0.3, 0.4) is 0 Å². The van der Waals surface area contributed by atoms with E-state index in [1.807, 2.05) is 12.1 Å². The molecular formula is C24H23F3N6O3. The number of hydrogen-bond acceptors (Lipinski definition) is 8. The highest BCUT2D eigenvalue weighted by molar-refractivity contribution is 5.58. The van der Waals surface area contributed by atoms with Gasteiger partial charge in [0.2, 0.25) is 5.82 Å². The van der Waals surface area contributed by atoms with Gasteiger partial charge in [0.1, 0.15) is 17.3 Å². The minimum atomic E-state index is -4.78. The number of alkyl halides is 3. The van der Waals surface area contributed by atoms with Crippen molar-refractivity contribution in [1.29, 1.82) is 0 Å². The monoisotopic (exact) mass is 500 g/mol. The van der Waals surface area contributed by atoms with E-state index in [1.165, 1.54) is 28.9 Å². The molecule has 3 heterocycles. The molecule has 0 aliphatic carbocycles. The van der Waals surface area contributed by atoms with Gasteiger partial charge in [0.25, 0.3) is 11.4 Å². The van der Waals surface area contributed by atoms with Crippen LogP contribution in [0.5, 0.6) is 5.75 Å². The van der Waals surface area contributed by atoms with Gasteiger partial charge in [-0.1, -0.05) is 12.1 Å². The Labute approximate surface area is 204 Å².